The van der Waals surface area contributed by atoms with E-state index < -0.39 is 12.1 Å². The van der Waals surface area contributed by atoms with Gasteiger partial charge >= 0.3 is 12.1 Å². The van der Waals surface area contributed by atoms with Gasteiger partial charge in [0.1, 0.15) is 0 Å². The van der Waals surface area contributed by atoms with E-state index in [4.69, 9.17) is 0 Å². The summed E-state index contributed by atoms with van der Waals surface area (Å²) in [6.07, 6.45) is 3.35. The second kappa shape index (κ2) is 18.0. The molecule has 0 rings (SSSR count). The third kappa shape index (κ3) is 14.7. The first-order valence-corrected chi connectivity index (χ1v) is 11.0. The summed E-state index contributed by atoms with van der Waals surface area (Å²) in [5, 5.41) is 13.2. The summed E-state index contributed by atoms with van der Waals surface area (Å²) in [5.41, 5.74) is 0. The molecule has 31 heavy (non-hydrogen) atoms. The molecule has 5 N–H and O–H groups in total. The molecular weight excluding hydrogens is 404 g/mol. The highest BCUT2D eigenvalue weighted by molar-refractivity contribution is 5.93. The van der Waals surface area contributed by atoms with Crippen molar-refractivity contribution in [2.75, 3.05) is 39.3 Å². The Morgan fingerprint density at radius 3 is 1.19 bits per heavy atom. The standard InChI is InChI=1S/C20H38N6O5/c1-4-7-16(27)21-10-12-24-19(30)26(15-14-23-18(29)9-6-3)20(31)25-13-11-22-17(28)8-5-2/h4-15H2,1-3H3,(H,21,27)(H,22,28)(H,23,29)(H,24,30)(H,25,31). The summed E-state index contributed by atoms with van der Waals surface area (Å²) >= 11 is 0. The maximum Gasteiger partial charge on any atom is 0.325 e. The Labute approximate surface area is 184 Å². The third-order valence-electron chi connectivity index (χ3n) is 4.03. The fourth-order valence-corrected chi connectivity index (χ4v) is 2.48. The van der Waals surface area contributed by atoms with Gasteiger partial charge in [-0.1, -0.05) is 20.8 Å². The van der Waals surface area contributed by atoms with E-state index in [2.05, 4.69) is 26.6 Å². The van der Waals surface area contributed by atoms with Crippen LogP contribution in [-0.2, 0) is 14.4 Å². The topological polar surface area (TPSA) is 149 Å². The van der Waals surface area contributed by atoms with Crippen molar-refractivity contribution in [3.05, 3.63) is 0 Å². The van der Waals surface area contributed by atoms with E-state index in [1.807, 2.05) is 20.8 Å². The van der Waals surface area contributed by atoms with Gasteiger partial charge in [0.05, 0.1) is 0 Å². The predicted molar refractivity (Wildman–Crippen MR) is 117 cm³/mol. The fraction of sp³-hybridized carbons (Fsp3) is 0.750. The maximum absolute atomic E-state index is 12.4. The molecule has 0 unspecified atom stereocenters. The van der Waals surface area contributed by atoms with Gasteiger partial charge in [-0.25, -0.2) is 14.5 Å². The van der Waals surface area contributed by atoms with Crippen LogP contribution in [0.5, 0.6) is 0 Å². The van der Waals surface area contributed by atoms with Crippen molar-refractivity contribution in [3.8, 4) is 0 Å². The molecule has 0 saturated heterocycles. The summed E-state index contributed by atoms with van der Waals surface area (Å²) in [5.74, 6) is -0.356. The highest BCUT2D eigenvalue weighted by Crippen LogP contribution is 1.93. The summed E-state index contributed by atoms with van der Waals surface area (Å²) in [6, 6.07) is -1.27. The number of carbonyl (C=O) groups excluding carboxylic acids is 5. The number of imide groups is 1. The average Bonchev–Trinajstić information content (AvgIpc) is 2.72. The summed E-state index contributed by atoms with van der Waals surface area (Å²) < 4.78 is 0. The third-order valence-corrected chi connectivity index (χ3v) is 4.03. The first kappa shape index (κ1) is 28.1. The number of carbonyl (C=O) groups is 5. The van der Waals surface area contributed by atoms with Gasteiger partial charge in [0, 0.05) is 58.5 Å². The van der Waals surface area contributed by atoms with Crippen LogP contribution in [0.3, 0.4) is 0 Å². The van der Waals surface area contributed by atoms with Crippen molar-refractivity contribution in [1.82, 2.24) is 31.5 Å². The molecule has 0 heterocycles. The van der Waals surface area contributed by atoms with Crippen LogP contribution in [0, 0.1) is 0 Å². The van der Waals surface area contributed by atoms with Crippen molar-refractivity contribution in [2.24, 2.45) is 0 Å². The van der Waals surface area contributed by atoms with E-state index in [0.29, 0.717) is 25.7 Å². The molecule has 0 bridgehead atoms. The number of nitrogens with one attached hydrogen (secondary N) is 5. The van der Waals surface area contributed by atoms with Crippen molar-refractivity contribution in [3.63, 3.8) is 0 Å². The molecule has 0 aliphatic carbocycles. The second-order valence-corrected chi connectivity index (χ2v) is 6.92. The number of hydrogen-bond donors (Lipinski definition) is 5. The molecule has 0 aromatic carbocycles. The van der Waals surface area contributed by atoms with E-state index in [1.165, 1.54) is 0 Å². The first-order valence-electron chi connectivity index (χ1n) is 11.0. The molecule has 0 aliphatic rings. The molecular formula is C20H38N6O5. The van der Waals surface area contributed by atoms with Gasteiger partial charge in [0.25, 0.3) is 0 Å². The Balaban J connectivity index is 4.58. The minimum Gasteiger partial charge on any atom is -0.354 e. The summed E-state index contributed by atoms with van der Waals surface area (Å²) in [4.78, 5) is 60.4. The zero-order valence-electron chi connectivity index (χ0n) is 19.0. The molecule has 0 spiro atoms. The SMILES string of the molecule is CCCC(=O)NCCNC(=O)N(CCNC(=O)CCC)C(=O)NCCNC(=O)CCC. The number of rotatable bonds is 15. The van der Waals surface area contributed by atoms with Crippen molar-refractivity contribution in [1.29, 1.82) is 0 Å². The molecule has 11 heteroatoms. The number of urea groups is 2. The van der Waals surface area contributed by atoms with Gasteiger partial charge in [0.2, 0.25) is 17.7 Å². The lowest BCUT2D eigenvalue weighted by Gasteiger charge is -2.22. The predicted octanol–water partition coefficient (Wildman–Crippen LogP) is 0.457. The molecule has 11 nitrogen and oxygen atoms in total. The van der Waals surface area contributed by atoms with E-state index in [-0.39, 0.29) is 57.0 Å². The Bertz CT molecular complexity index is 546. The second-order valence-electron chi connectivity index (χ2n) is 6.92. The van der Waals surface area contributed by atoms with Gasteiger partial charge < -0.3 is 26.6 Å². The Hall–Kier alpha value is -2.85. The molecule has 0 aliphatic heterocycles. The summed E-state index contributed by atoms with van der Waals surface area (Å²) in [7, 11) is 0. The minimum absolute atomic E-state index is 0.0164. The lowest BCUT2D eigenvalue weighted by atomic mass is 10.3. The van der Waals surface area contributed by atoms with E-state index >= 15 is 0 Å². The van der Waals surface area contributed by atoms with Crippen LogP contribution in [0.4, 0.5) is 9.59 Å². The zero-order valence-corrected chi connectivity index (χ0v) is 19.0. The van der Waals surface area contributed by atoms with Crippen LogP contribution in [0.2, 0.25) is 0 Å². The van der Waals surface area contributed by atoms with Gasteiger partial charge in [-0.2, -0.15) is 0 Å². The van der Waals surface area contributed by atoms with Crippen molar-refractivity contribution in [2.45, 2.75) is 59.3 Å². The summed E-state index contributed by atoms with van der Waals surface area (Å²) in [6.45, 7) is 6.59. The van der Waals surface area contributed by atoms with E-state index in [1.54, 1.807) is 0 Å². The Morgan fingerprint density at radius 2 is 0.839 bits per heavy atom. The smallest absolute Gasteiger partial charge is 0.325 e. The highest BCUT2D eigenvalue weighted by atomic mass is 16.2. The Kier molecular flexibility index (Phi) is 16.3. The zero-order chi connectivity index (χ0) is 23.5. The van der Waals surface area contributed by atoms with Crippen LogP contribution in [0.15, 0.2) is 0 Å². The monoisotopic (exact) mass is 442 g/mol. The molecule has 0 aromatic rings. The van der Waals surface area contributed by atoms with E-state index in [0.717, 1.165) is 17.7 Å². The van der Waals surface area contributed by atoms with Crippen molar-refractivity contribution >= 4 is 29.8 Å². The molecule has 0 saturated carbocycles. The fourth-order valence-electron chi connectivity index (χ4n) is 2.48. The number of nitrogens with zero attached hydrogens (tertiary/aromatic N) is 1. The van der Waals surface area contributed by atoms with Gasteiger partial charge in [-0.05, 0) is 19.3 Å². The van der Waals surface area contributed by atoms with Crippen LogP contribution >= 0.6 is 0 Å². The van der Waals surface area contributed by atoms with Crippen LogP contribution in [-0.4, -0.2) is 74.0 Å². The molecule has 178 valence electrons. The van der Waals surface area contributed by atoms with Crippen LogP contribution in [0.25, 0.3) is 0 Å². The van der Waals surface area contributed by atoms with Gasteiger partial charge in [0.15, 0.2) is 0 Å². The average molecular weight is 443 g/mol. The quantitative estimate of drug-likeness (QED) is 0.234. The molecule has 0 aromatic heterocycles. The van der Waals surface area contributed by atoms with Crippen LogP contribution < -0.4 is 26.6 Å². The van der Waals surface area contributed by atoms with Crippen molar-refractivity contribution < 1.29 is 24.0 Å². The lowest BCUT2D eigenvalue weighted by Crippen LogP contribution is -2.52. The molecule has 0 atom stereocenters. The van der Waals surface area contributed by atoms with Crippen LogP contribution in [0.1, 0.15) is 59.3 Å². The normalized spacial score (nSPS) is 10.0. The Morgan fingerprint density at radius 1 is 0.516 bits per heavy atom. The highest BCUT2D eigenvalue weighted by Gasteiger charge is 2.21. The van der Waals surface area contributed by atoms with Gasteiger partial charge in [-0.15, -0.1) is 0 Å². The van der Waals surface area contributed by atoms with Gasteiger partial charge in [-0.3, -0.25) is 14.4 Å². The number of hydrogen-bond acceptors (Lipinski definition) is 5. The largest absolute Gasteiger partial charge is 0.354 e. The molecule has 0 radical (unpaired) electrons. The molecule has 7 amide bonds. The molecule has 0 fully saturated rings. The van der Waals surface area contributed by atoms with E-state index in [9.17, 15) is 24.0 Å². The lowest BCUT2D eigenvalue weighted by molar-refractivity contribution is -0.121. The minimum atomic E-state index is -0.637. The first-order chi connectivity index (χ1) is 14.8. The maximum atomic E-state index is 12.4. The number of amides is 7.